The summed E-state index contributed by atoms with van der Waals surface area (Å²) in [7, 11) is -3.89. The molecule has 3 aromatic rings. The van der Waals surface area contributed by atoms with Crippen LogP contribution >= 0.6 is 0 Å². The molecule has 0 bridgehead atoms. The number of fused-ring (bicyclic) bond motifs is 2. The average Bonchev–Trinajstić information content (AvgIpc) is 3.26. The van der Waals surface area contributed by atoms with Crippen molar-refractivity contribution in [1.82, 2.24) is 19.1 Å². The molecule has 4 heterocycles. The van der Waals surface area contributed by atoms with Gasteiger partial charge in [0.25, 0.3) is 10.0 Å². The van der Waals surface area contributed by atoms with E-state index in [-0.39, 0.29) is 18.0 Å². The topological polar surface area (TPSA) is 108 Å². The fourth-order valence-corrected chi connectivity index (χ4v) is 3.94. The first-order chi connectivity index (χ1) is 12.6. The Morgan fingerprint density at radius 2 is 2.07 bits per heavy atom. The molecule has 4 rings (SSSR count). The summed E-state index contributed by atoms with van der Waals surface area (Å²) in [6, 6.07) is 3.13. The minimum atomic E-state index is -3.89. The van der Waals surface area contributed by atoms with Gasteiger partial charge in [0.1, 0.15) is 10.5 Å². The molecule has 3 aromatic heterocycles. The van der Waals surface area contributed by atoms with Gasteiger partial charge in [-0.1, -0.05) is 0 Å². The number of hydrogen-bond acceptors (Lipinski definition) is 7. The first-order valence-electron chi connectivity index (χ1n) is 8.28. The minimum absolute atomic E-state index is 0.0153. The van der Waals surface area contributed by atoms with E-state index in [1.54, 1.807) is 26.8 Å². The summed E-state index contributed by atoms with van der Waals surface area (Å²) in [5.74, 6) is 0. The molecule has 0 spiro atoms. The highest BCUT2D eigenvalue weighted by atomic mass is 32.2. The van der Waals surface area contributed by atoms with Gasteiger partial charge in [-0.25, -0.2) is 9.78 Å². The second kappa shape index (κ2) is 5.81. The maximum Gasteiger partial charge on any atom is 0.410 e. The Kier molecular flexibility index (Phi) is 3.77. The van der Waals surface area contributed by atoms with Crippen LogP contribution in [0.5, 0.6) is 0 Å². The quantitative estimate of drug-likeness (QED) is 0.661. The Morgan fingerprint density at radius 1 is 1.30 bits per heavy atom. The van der Waals surface area contributed by atoms with Crippen LogP contribution in [0.2, 0.25) is 0 Å². The maximum absolute atomic E-state index is 12.8. The van der Waals surface area contributed by atoms with E-state index >= 15 is 0 Å². The SMILES string of the molecule is CC(C)(C)OC(=O)N1Cc2cn(S(=O)(=O)c3cnc4occc4c3)nc2C1. The van der Waals surface area contributed by atoms with Crippen molar-refractivity contribution in [1.29, 1.82) is 0 Å². The molecule has 1 amide bonds. The van der Waals surface area contributed by atoms with Crippen LogP contribution in [-0.4, -0.2) is 39.2 Å². The van der Waals surface area contributed by atoms with Crippen LogP contribution in [0.4, 0.5) is 4.79 Å². The minimum Gasteiger partial charge on any atom is -0.446 e. The number of aromatic nitrogens is 3. The molecule has 10 heteroatoms. The number of pyridine rings is 1. The summed E-state index contributed by atoms with van der Waals surface area (Å²) >= 11 is 0. The molecular formula is C17H18N4O5S. The predicted molar refractivity (Wildman–Crippen MR) is 94.3 cm³/mol. The number of carbonyl (C=O) groups excluding carboxylic acids is 1. The Morgan fingerprint density at radius 3 is 2.78 bits per heavy atom. The largest absolute Gasteiger partial charge is 0.446 e. The molecule has 0 aliphatic carbocycles. The van der Waals surface area contributed by atoms with E-state index < -0.39 is 21.7 Å². The van der Waals surface area contributed by atoms with Crippen molar-refractivity contribution in [2.45, 2.75) is 44.4 Å². The number of carbonyl (C=O) groups is 1. The number of nitrogens with zero attached hydrogens (tertiary/aromatic N) is 4. The second-order valence-corrected chi connectivity index (χ2v) is 9.10. The van der Waals surface area contributed by atoms with E-state index in [2.05, 4.69) is 10.1 Å². The Hall–Kier alpha value is -2.88. The normalized spacial score (nSPS) is 14.6. The van der Waals surface area contributed by atoms with Gasteiger partial charge in [-0.2, -0.15) is 17.6 Å². The van der Waals surface area contributed by atoms with E-state index in [1.807, 2.05) is 0 Å². The average molecular weight is 390 g/mol. The zero-order chi connectivity index (χ0) is 19.4. The third kappa shape index (κ3) is 3.16. The third-order valence-corrected chi connectivity index (χ3v) is 5.53. The van der Waals surface area contributed by atoms with Gasteiger partial charge in [-0.05, 0) is 32.9 Å². The molecule has 0 saturated heterocycles. The lowest BCUT2D eigenvalue weighted by Gasteiger charge is -2.24. The molecule has 1 aliphatic heterocycles. The number of furan rings is 1. The van der Waals surface area contributed by atoms with Crippen molar-refractivity contribution in [2.24, 2.45) is 0 Å². The van der Waals surface area contributed by atoms with Gasteiger partial charge in [0.2, 0.25) is 5.71 Å². The fraction of sp³-hybridized carbons (Fsp3) is 0.353. The molecule has 9 nitrogen and oxygen atoms in total. The second-order valence-electron chi connectivity index (χ2n) is 7.30. The highest BCUT2D eigenvalue weighted by Gasteiger charge is 2.32. The van der Waals surface area contributed by atoms with Crippen LogP contribution in [0.1, 0.15) is 32.0 Å². The van der Waals surface area contributed by atoms with Crippen molar-refractivity contribution in [3.8, 4) is 0 Å². The van der Waals surface area contributed by atoms with E-state index in [4.69, 9.17) is 9.15 Å². The smallest absolute Gasteiger partial charge is 0.410 e. The lowest BCUT2D eigenvalue weighted by molar-refractivity contribution is 0.0239. The molecule has 0 radical (unpaired) electrons. The zero-order valence-corrected chi connectivity index (χ0v) is 15.9. The summed E-state index contributed by atoms with van der Waals surface area (Å²) in [4.78, 5) is 17.7. The number of ether oxygens (including phenoxy) is 1. The Balaban J connectivity index is 1.58. The van der Waals surface area contributed by atoms with Gasteiger partial charge < -0.3 is 9.15 Å². The Bertz CT molecular complexity index is 1120. The molecule has 0 aromatic carbocycles. The van der Waals surface area contributed by atoms with Crippen molar-refractivity contribution >= 4 is 27.2 Å². The van der Waals surface area contributed by atoms with Crippen molar-refractivity contribution in [2.75, 3.05) is 0 Å². The van der Waals surface area contributed by atoms with Crippen molar-refractivity contribution in [3.63, 3.8) is 0 Å². The monoisotopic (exact) mass is 390 g/mol. The summed E-state index contributed by atoms with van der Waals surface area (Å²) in [6.45, 7) is 5.82. The van der Waals surface area contributed by atoms with Crippen molar-refractivity contribution < 1.29 is 22.4 Å². The van der Waals surface area contributed by atoms with E-state index in [1.165, 1.54) is 29.6 Å². The van der Waals surface area contributed by atoms with Crippen LogP contribution < -0.4 is 0 Å². The third-order valence-electron chi connectivity index (χ3n) is 4.03. The lowest BCUT2D eigenvalue weighted by Crippen LogP contribution is -2.33. The summed E-state index contributed by atoms with van der Waals surface area (Å²) in [5, 5.41) is 4.75. The summed E-state index contributed by atoms with van der Waals surface area (Å²) < 4.78 is 37.1. The molecule has 0 unspecified atom stereocenters. The highest BCUT2D eigenvalue weighted by molar-refractivity contribution is 7.89. The molecule has 0 saturated carbocycles. The molecular weight excluding hydrogens is 372 g/mol. The Labute approximate surface area is 155 Å². The van der Waals surface area contributed by atoms with Crippen LogP contribution in [0.3, 0.4) is 0 Å². The van der Waals surface area contributed by atoms with Gasteiger partial charge in [-0.3, -0.25) is 4.90 Å². The van der Waals surface area contributed by atoms with Crippen LogP contribution in [-0.2, 0) is 27.8 Å². The first-order valence-corrected chi connectivity index (χ1v) is 9.72. The van der Waals surface area contributed by atoms with E-state index in [9.17, 15) is 13.2 Å². The number of amides is 1. The fourth-order valence-electron chi connectivity index (χ4n) is 2.79. The number of rotatable bonds is 2. The van der Waals surface area contributed by atoms with Crippen LogP contribution in [0, 0.1) is 0 Å². The van der Waals surface area contributed by atoms with Gasteiger partial charge in [0.15, 0.2) is 0 Å². The van der Waals surface area contributed by atoms with Gasteiger partial charge in [-0.15, -0.1) is 0 Å². The predicted octanol–water partition coefficient (Wildman–Crippen LogP) is 2.51. The standard InChI is InChI=1S/C17H18N4O5S/c1-17(2,3)26-16(22)20-8-12-9-21(19-14(12)10-20)27(23,24)13-6-11-4-5-25-15(11)18-7-13/h4-7,9H,8,10H2,1-3H3. The number of hydrogen-bond donors (Lipinski definition) is 0. The van der Waals surface area contributed by atoms with Crippen LogP contribution in [0.15, 0.2) is 40.1 Å². The van der Waals surface area contributed by atoms with Crippen molar-refractivity contribution in [3.05, 3.63) is 42.0 Å². The summed E-state index contributed by atoms with van der Waals surface area (Å²) in [5.41, 5.74) is 0.965. The first kappa shape index (κ1) is 17.5. The van der Waals surface area contributed by atoms with E-state index in [0.29, 0.717) is 22.4 Å². The lowest BCUT2D eigenvalue weighted by atomic mass is 10.2. The molecule has 0 N–H and O–H groups in total. The van der Waals surface area contributed by atoms with E-state index in [0.717, 1.165) is 4.09 Å². The maximum atomic E-state index is 12.8. The molecule has 27 heavy (non-hydrogen) atoms. The van der Waals surface area contributed by atoms with Gasteiger partial charge in [0.05, 0.1) is 31.2 Å². The highest BCUT2D eigenvalue weighted by Crippen LogP contribution is 2.26. The van der Waals surface area contributed by atoms with Gasteiger partial charge >= 0.3 is 6.09 Å². The molecule has 142 valence electrons. The van der Waals surface area contributed by atoms with Crippen LogP contribution in [0.25, 0.3) is 11.1 Å². The molecule has 0 atom stereocenters. The summed E-state index contributed by atoms with van der Waals surface area (Å²) in [6.07, 6.45) is 3.65. The molecule has 0 fully saturated rings. The van der Waals surface area contributed by atoms with Gasteiger partial charge in [0, 0.05) is 17.1 Å². The molecule has 1 aliphatic rings. The zero-order valence-electron chi connectivity index (χ0n) is 15.0.